The summed E-state index contributed by atoms with van der Waals surface area (Å²) in [6, 6.07) is 0. The van der Waals surface area contributed by atoms with Crippen molar-refractivity contribution in [1.29, 1.82) is 0 Å². The van der Waals surface area contributed by atoms with Crippen molar-refractivity contribution in [2.75, 3.05) is 11.9 Å². The van der Waals surface area contributed by atoms with Crippen molar-refractivity contribution in [1.82, 2.24) is 9.97 Å². The standard InChI is InChI=1S/C14H24N4S/c1-4-5-6-7-14(2,3)10-18-13-11(12(15)19)16-8-9-17-13/h8-9H,4-7,10H2,1-3H3,(H2,15,19)(H,17,18). The van der Waals surface area contributed by atoms with Gasteiger partial charge >= 0.3 is 0 Å². The monoisotopic (exact) mass is 280 g/mol. The van der Waals surface area contributed by atoms with E-state index in [0.717, 1.165) is 6.54 Å². The molecule has 5 heteroatoms. The van der Waals surface area contributed by atoms with Crippen LogP contribution in [0.25, 0.3) is 0 Å². The lowest BCUT2D eigenvalue weighted by atomic mass is 9.87. The van der Waals surface area contributed by atoms with Crippen molar-refractivity contribution < 1.29 is 0 Å². The highest BCUT2D eigenvalue weighted by molar-refractivity contribution is 7.80. The molecule has 0 atom stereocenters. The van der Waals surface area contributed by atoms with Crippen molar-refractivity contribution in [2.24, 2.45) is 11.1 Å². The fraction of sp³-hybridized carbons (Fsp3) is 0.643. The summed E-state index contributed by atoms with van der Waals surface area (Å²) in [6.07, 6.45) is 8.23. The van der Waals surface area contributed by atoms with Gasteiger partial charge in [-0.1, -0.05) is 52.3 Å². The number of nitrogens with two attached hydrogens (primary N) is 1. The molecule has 4 nitrogen and oxygen atoms in total. The normalized spacial score (nSPS) is 11.3. The Kier molecular flexibility index (Phi) is 6.15. The van der Waals surface area contributed by atoms with Gasteiger partial charge < -0.3 is 11.1 Å². The van der Waals surface area contributed by atoms with E-state index in [1.165, 1.54) is 25.7 Å². The minimum atomic E-state index is 0.222. The summed E-state index contributed by atoms with van der Waals surface area (Å²) in [6.45, 7) is 7.57. The molecule has 1 aromatic heterocycles. The smallest absolute Gasteiger partial charge is 0.155 e. The highest BCUT2D eigenvalue weighted by Gasteiger charge is 2.18. The largest absolute Gasteiger partial charge is 0.388 e. The van der Waals surface area contributed by atoms with Crippen LogP contribution in [0.2, 0.25) is 0 Å². The second-order valence-electron chi connectivity index (χ2n) is 5.59. The third kappa shape index (κ3) is 5.51. The number of hydrogen-bond donors (Lipinski definition) is 2. The molecule has 0 saturated carbocycles. The van der Waals surface area contributed by atoms with Crippen molar-refractivity contribution in [3.8, 4) is 0 Å². The number of hydrogen-bond acceptors (Lipinski definition) is 4. The zero-order valence-corrected chi connectivity index (χ0v) is 12.9. The average Bonchev–Trinajstić information content (AvgIpc) is 2.37. The van der Waals surface area contributed by atoms with E-state index >= 15 is 0 Å². The molecular formula is C14H24N4S. The maximum absolute atomic E-state index is 5.64. The highest BCUT2D eigenvalue weighted by atomic mass is 32.1. The van der Waals surface area contributed by atoms with Crippen molar-refractivity contribution >= 4 is 23.0 Å². The van der Waals surface area contributed by atoms with Gasteiger partial charge in [0.15, 0.2) is 5.82 Å². The second kappa shape index (κ2) is 7.38. The van der Waals surface area contributed by atoms with E-state index in [-0.39, 0.29) is 10.4 Å². The Morgan fingerprint density at radius 1 is 1.32 bits per heavy atom. The van der Waals surface area contributed by atoms with Crippen LogP contribution in [0.1, 0.15) is 52.1 Å². The fourth-order valence-corrected chi connectivity index (χ4v) is 2.06. The van der Waals surface area contributed by atoms with Gasteiger partial charge in [0.2, 0.25) is 0 Å². The van der Waals surface area contributed by atoms with Gasteiger partial charge in [-0.15, -0.1) is 0 Å². The SMILES string of the molecule is CCCCCC(C)(C)CNc1nccnc1C(N)=S. The molecule has 0 fully saturated rings. The number of nitrogens with one attached hydrogen (secondary N) is 1. The van der Waals surface area contributed by atoms with Gasteiger partial charge in [0.05, 0.1) is 0 Å². The zero-order valence-electron chi connectivity index (χ0n) is 12.1. The minimum absolute atomic E-state index is 0.222. The number of rotatable bonds is 8. The van der Waals surface area contributed by atoms with Crippen molar-refractivity contribution in [2.45, 2.75) is 46.5 Å². The molecule has 0 aromatic carbocycles. The predicted molar refractivity (Wildman–Crippen MR) is 84.3 cm³/mol. The summed E-state index contributed by atoms with van der Waals surface area (Å²) >= 11 is 4.98. The van der Waals surface area contributed by atoms with E-state index in [1.807, 2.05) is 0 Å². The van der Waals surface area contributed by atoms with E-state index in [2.05, 4.69) is 36.1 Å². The third-order valence-corrected chi connectivity index (χ3v) is 3.32. The summed E-state index contributed by atoms with van der Waals surface area (Å²) in [7, 11) is 0. The maximum atomic E-state index is 5.64. The van der Waals surface area contributed by atoms with E-state index in [9.17, 15) is 0 Å². The fourth-order valence-electron chi connectivity index (χ4n) is 1.91. The van der Waals surface area contributed by atoms with Gasteiger partial charge in [0.1, 0.15) is 10.7 Å². The number of aromatic nitrogens is 2. The molecule has 0 aliphatic carbocycles. The lowest BCUT2D eigenvalue weighted by Crippen LogP contribution is -2.25. The van der Waals surface area contributed by atoms with Gasteiger partial charge in [0, 0.05) is 18.9 Å². The molecule has 0 radical (unpaired) electrons. The summed E-state index contributed by atoms with van der Waals surface area (Å²) in [5.41, 5.74) is 6.43. The molecule has 0 saturated heterocycles. The van der Waals surface area contributed by atoms with Gasteiger partial charge in [-0.2, -0.15) is 0 Å². The molecule has 0 bridgehead atoms. The summed E-state index contributed by atoms with van der Waals surface area (Å²) in [4.78, 5) is 8.70. The molecule has 1 aromatic rings. The summed E-state index contributed by atoms with van der Waals surface area (Å²) in [5, 5.41) is 3.32. The van der Waals surface area contributed by atoms with Gasteiger partial charge in [-0.05, 0) is 11.8 Å². The zero-order chi connectivity index (χ0) is 14.3. The first kappa shape index (κ1) is 15.8. The molecule has 1 heterocycles. The molecule has 3 N–H and O–H groups in total. The van der Waals surface area contributed by atoms with Crippen LogP contribution in [-0.4, -0.2) is 21.5 Å². The first-order valence-corrected chi connectivity index (χ1v) is 7.22. The predicted octanol–water partition coefficient (Wildman–Crippen LogP) is 3.13. The number of unbranched alkanes of at least 4 members (excludes halogenated alkanes) is 2. The lowest BCUT2D eigenvalue weighted by molar-refractivity contribution is 0.342. The molecule has 0 aliphatic heterocycles. The Morgan fingerprint density at radius 2 is 2.00 bits per heavy atom. The van der Waals surface area contributed by atoms with Gasteiger partial charge in [0.25, 0.3) is 0 Å². The van der Waals surface area contributed by atoms with E-state index in [4.69, 9.17) is 18.0 Å². The van der Waals surface area contributed by atoms with Crippen LogP contribution in [0.5, 0.6) is 0 Å². The van der Waals surface area contributed by atoms with Gasteiger partial charge in [-0.25, -0.2) is 9.97 Å². The molecule has 19 heavy (non-hydrogen) atoms. The Morgan fingerprint density at radius 3 is 2.63 bits per heavy atom. The summed E-state index contributed by atoms with van der Waals surface area (Å²) in [5.74, 6) is 0.679. The maximum Gasteiger partial charge on any atom is 0.155 e. The highest BCUT2D eigenvalue weighted by Crippen LogP contribution is 2.24. The van der Waals surface area contributed by atoms with E-state index < -0.39 is 0 Å². The first-order valence-electron chi connectivity index (χ1n) is 6.81. The van der Waals surface area contributed by atoms with Crippen molar-refractivity contribution in [3.63, 3.8) is 0 Å². The van der Waals surface area contributed by atoms with Crippen LogP contribution in [0.3, 0.4) is 0 Å². The Balaban J connectivity index is 2.58. The van der Waals surface area contributed by atoms with Crippen LogP contribution in [-0.2, 0) is 0 Å². The lowest BCUT2D eigenvalue weighted by Gasteiger charge is -2.25. The van der Waals surface area contributed by atoms with E-state index in [1.54, 1.807) is 12.4 Å². The third-order valence-electron chi connectivity index (χ3n) is 3.12. The molecule has 0 aliphatic rings. The Bertz CT molecular complexity index is 418. The molecule has 0 unspecified atom stereocenters. The molecule has 0 amide bonds. The number of anilines is 1. The first-order chi connectivity index (χ1) is 8.96. The average molecular weight is 280 g/mol. The quantitative estimate of drug-likeness (QED) is 0.566. The van der Waals surface area contributed by atoms with Crippen LogP contribution >= 0.6 is 12.2 Å². The molecule has 106 valence electrons. The van der Waals surface area contributed by atoms with Crippen LogP contribution in [0, 0.1) is 5.41 Å². The minimum Gasteiger partial charge on any atom is -0.388 e. The van der Waals surface area contributed by atoms with Crippen LogP contribution in [0.4, 0.5) is 5.82 Å². The molecule has 1 rings (SSSR count). The topological polar surface area (TPSA) is 63.8 Å². The van der Waals surface area contributed by atoms with Gasteiger partial charge in [-0.3, -0.25) is 0 Å². The summed E-state index contributed by atoms with van der Waals surface area (Å²) < 4.78 is 0. The van der Waals surface area contributed by atoms with Crippen LogP contribution in [0.15, 0.2) is 12.4 Å². The Labute approximate surface area is 121 Å². The second-order valence-corrected chi connectivity index (χ2v) is 6.03. The number of nitrogens with zero attached hydrogens (tertiary/aromatic N) is 2. The molecule has 0 spiro atoms. The van der Waals surface area contributed by atoms with E-state index in [0.29, 0.717) is 11.5 Å². The molecular weight excluding hydrogens is 256 g/mol. The number of thiocarbonyl (C=S) groups is 1. The van der Waals surface area contributed by atoms with Crippen LogP contribution < -0.4 is 11.1 Å². The Hall–Kier alpha value is -1.23. The van der Waals surface area contributed by atoms with Crippen molar-refractivity contribution in [3.05, 3.63) is 18.1 Å².